The number of quaternary nitrogens is 1. The van der Waals surface area contributed by atoms with Crippen LogP contribution in [0, 0.1) is 0 Å². The van der Waals surface area contributed by atoms with Crippen molar-refractivity contribution >= 4 is 34.8 Å². The molecule has 1 atom stereocenters. The molecule has 0 saturated heterocycles. The maximum Gasteiger partial charge on any atom is 0.279 e. The first-order valence-electron chi connectivity index (χ1n) is 8.56. The van der Waals surface area contributed by atoms with Gasteiger partial charge >= 0.3 is 0 Å². The van der Waals surface area contributed by atoms with Crippen LogP contribution >= 0.6 is 11.6 Å². The van der Waals surface area contributed by atoms with Crippen molar-refractivity contribution in [2.45, 2.75) is 0 Å². The predicted octanol–water partition coefficient (Wildman–Crippen LogP) is 1.20. The maximum absolute atomic E-state index is 12.2. The Morgan fingerprint density at radius 3 is 2.41 bits per heavy atom. The van der Waals surface area contributed by atoms with E-state index in [1.807, 2.05) is 0 Å². The topological polar surface area (TPSA) is 81.1 Å². The van der Waals surface area contributed by atoms with Crippen LogP contribution in [0.25, 0.3) is 0 Å². The zero-order chi connectivity index (χ0) is 19.2. The molecule has 0 fully saturated rings. The largest absolute Gasteiger partial charge is 0.486 e. The molecule has 1 unspecified atom stereocenters. The lowest BCUT2D eigenvalue weighted by atomic mass is 10.2. The number of carbonyl (C=O) groups is 2. The molecule has 3 N–H and O–H groups in total. The molecule has 3 rings (SSSR count). The van der Waals surface area contributed by atoms with Gasteiger partial charge in [0.05, 0.1) is 17.8 Å². The lowest BCUT2D eigenvalue weighted by molar-refractivity contribution is -0.862. The Hall–Kier alpha value is -2.77. The third kappa shape index (κ3) is 5.35. The van der Waals surface area contributed by atoms with Gasteiger partial charge in [0.25, 0.3) is 11.8 Å². The van der Waals surface area contributed by atoms with Crippen molar-refractivity contribution in [1.82, 2.24) is 0 Å². The Balaban J connectivity index is 1.49. The highest BCUT2D eigenvalue weighted by Gasteiger charge is 2.17. The van der Waals surface area contributed by atoms with E-state index in [1.54, 1.807) is 49.5 Å². The summed E-state index contributed by atoms with van der Waals surface area (Å²) >= 11 is 6.03. The summed E-state index contributed by atoms with van der Waals surface area (Å²) in [4.78, 5) is 25.1. The van der Waals surface area contributed by atoms with Crippen molar-refractivity contribution in [2.24, 2.45) is 0 Å². The fourth-order valence-electron chi connectivity index (χ4n) is 2.69. The lowest BCUT2D eigenvalue weighted by Crippen LogP contribution is -3.11. The van der Waals surface area contributed by atoms with Gasteiger partial charge in [0.1, 0.15) is 13.2 Å². The molecule has 0 bridgehead atoms. The van der Waals surface area contributed by atoms with E-state index in [4.69, 9.17) is 21.1 Å². The molecule has 7 nitrogen and oxygen atoms in total. The van der Waals surface area contributed by atoms with Gasteiger partial charge in [-0.05, 0) is 24.3 Å². The maximum atomic E-state index is 12.2. The summed E-state index contributed by atoms with van der Waals surface area (Å²) in [5.41, 5.74) is 1.18. The number of carbonyl (C=O) groups excluding carboxylic acids is 2. The highest BCUT2D eigenvalue weighted by Crippen LogP contribution is 2.32. The summed E-state index contributed by atoms with van der Waals surface area (Å²) in [5, 5.41) is 6.02. The molecular weight excluding hydrogens is 370 g/mol. The van der Waals surface area contributed by atoms with E-state index < -0.39 is 0 Å². The van der Waals surface area contributed by atoms with E-state index in [1.165, 1.54) is 0 Å². The van der Waals surface area contributed by atoms with Crippen LogP contribution in [-0.4, -0.2) is 45.2 Å². The number of nitrogens with one attached hydrogen (secondary N) is 3. The number of hydrogen-bond donors (Lipinski definition) is 3. The molecule has 2 aromatic carbocycles. The predicted molar refractivity (Wildman–Crippen MR) is 103 cm³/mol. The summed E-state index contributed by atoms with van der Waals surface area (Å²) in [6.45, 7) is 1.28. The van der Waals surface area contributed by atoms with Crippen molar-refractivity contribution in [3.05, 3.63) is 47.5 Å². The molecule has 142 valence electrons. The molecule has 1 aliphatic rings. The van der Waals surface area contributed by atoms with Crippen LogP contribution in [0.1, 0.15) is 0 Å². The number of ether oxygens (including phenoxy) is 2. The molecule has 8 heteroatoms. The zero-order valence-electron chi connectivity index (χ0n) is 14.9. The minimum atomic E-state index is -0.215. The van der Waals surface area contributed by atoms with Gasteiger partial charge in [-0.25, -0.2) is 0 Å². The molecule has 0 saturated carbocycles. The average molecular weight is 391 g/mol. The van der Waals surface area contributed by atoms with Gasteiger partial charge < -0.3 is 25.0 Å². The Morgan fingerprint density at radius 2 is 1.67 bits per heavy atom. The van der Waals surface area contributed by atoms with Crippen LogP contribution in [0.2, 0.25) is 5.02 Å². The molecule has 2 amide bonds. The first-order valence-corrected chi connectivity index (χ1v) is 8.94. The third-order valence-electron chi connectivity index (χ3n) is 3.90. The number of para-hydroxylation sites is 1. The molecule has 0 aromatic heterocycles. The molecule has 2 aromatic rings. The Labute approximate surface area is 162 Å². The van der Waals surface area contributed by atoms with E-state index in [2.05, 4.69) is 10.6 Å². The molecular formula is C19H21ClN3O4+. The zero-order valence-corrected chi connectivity index (χ0v) is 15.6. The summed E-state index contributed by atoms with van der Waals surface area (Å²) in [6, 6.07) is 12.3. The minimum absolute atomic E-state index is 0.139. The van der Waals surface area contributed by atoms with Gasteiger partial charge in [-0.1, -0.05) is 23.7 Å². The number of fused-ring (bicyclic) bond motifs is 1. The smallest absolute Gasteiger partial charge is 0.279 e. The second-order valence-corrected chi connectivity index (χ2v) is 6.65. The van der Waals surface area contributed by atoms with Crippen LogP contribution in [0.4, 0.5) is 11.4 Å². The van der Waals surface area contributed by atoms with E-state index >= 15 is 0 Å². The number of benzene rings is 2. The molecule has 1 heterocycles. The number of halogens is 1. The Bertz CT molecular complexity index is 843. The van der Waals surface area contributed by atoms with Gasteiger partial charge in [0, 0.05) is 11.8 Å². The average Bonchev–Trinajstić information content (AvgIpc) is 2.63. The highest BCUT2D eigenvalue weighted by molar-refractivity contribution is 6.33. The second kappa shape index (κ2) is 8.75. The van der Waals surface area contributed by atoms with E-state index in [9.17, 15) is 9.59 Å². The standard InChI is InChI=1S/C19H20ClN3O4/c1-23(12-19(25)22-15-5-3-2-4-14(15)20)11-18(24)21-13-6-7-16-17(10-13)27-9-8-26-16/h2-7,10H,8-9,11-12H2,1H3,(H,21,24)(H,22,25)/p+1. The van der Waals surface area contributed by atoms with E-state index in [-0.39, 0.29) is 24.9 Å². The number of amides is 2. The number of anilines is 2. The van der Waals surface area contributed by atoms with Gasteiger partial charge in [-0.2, -0.15) is 0 Å². The molecule has 0 spiro atoms. The number of likely N-dealkylation sites (N-methyl/N-ethyl adjacent to an activating group) is 1. The van der Waals surface area contributed by atoms with Gasteiger partial charge in [-0.3, -0.25) is 9.59 Å². The Morgan fingerprint density at radius 1 is 1.00 bits per heavy atom. The van der Waals surface area contributed by atoms with Gasteiger partial charge in [0.15, 0.2) is 24.6 Å². The van der Waals surface area contributed by atoms with Crippen molar-refractivity contribution in [1.29, 1.82) is 0 Å². The normalized spacial score (nSPS) is 13.6. The first kappa shape index (κ1) is 19.0. The monoisotopic (exact) mass is 390 g/mol. The number of rotatable bonds is 6. The van der Waals surface area contributed by atoms with Crippen molar-refractivity contribution < 1.29 is 24.0 Å². The Kier molecular flexibility index (Phi) is 6.16. The summed E-state index contributed by atoms with van der Waals surface area (Å²) in [7, 11) is 1.77. The molecule has 27 heavy (non-hydrogen) atoms. The van der Waals surface area contributed by atoms with E-state index in [0.717, 1.165) is 4.90 Å². The van der Waals surface area contributed by atoms with Crippen molar-refractivity contribution in [2.75, 3.05) is 44.0 Å². The SMILES string of the molecule is C[NH+](CC(=O)Nc1ccc2c(c1)OCCO2)CC(=O)Nc1ccccc1Cl. The minimum Gasteiger partial charge on any atom is -0.486 e. The quantitative estimate of drug-likeness (QED) is 0.692. The summed E-state index contributed by atoms with van der Waals surface area (Å²) in [5.74, 6) is 0.861. The number of hydrogen-bond acceptors (Lipinski definition) is 4. The molecule has 0 radical (unpaired) electrons. The lowest BCUT2D eigenvalue weighted by Gasteiger charge is -2.19. The van der Waals surface area contributed by atoms with Crippen LogP contribution in [0.3, 0.4) is 0 Å². The fourth-order valence-corrected chi connectivity index (χ4v) is 2.88. The summed E-state index contributed by atoms with van der Waals surface area (Å²) < 4.78 is 11.0. The van der Waals surface area contributed by atoms with Crippen LogP contribution < -0.4 is 25.0 Å². The van der Waals surface area contributed by atoms with E-state index in [0.29, 0.717) is 41.1 Å². The molecule has 0 aliphatic carbocycles. The van der Waals surface area contributed by atoms with Crippen LogP contribution in [-0.2, 0) is 9.59 Å². The third-order valence-corrected chi connectivity index (χ3v) is 4.23. The highest BCUT2D eigenvalue weighted by atomic mass is 35.5. The van der Waals surface area contributed by atoms with Gasteiger partial charge in [-0.15, -0.1) is 0 Å². The molecule has 1 aliphatic heterocycles. The summed E-state index contributed by atoms with van der Waals surface area (Å²) in [6.07, 6.45) is 0. The fraction of sp³-hybridized carbons (Fsp3) is 0.263. The van der Waals surface area contributed by atoms with Crippen LogP contribution in [0.15, 0.2) is 42.5 Å². The second-order valence-electron chi connectivity index (χ2n) is 6.25. The van der Waals surface area contributed by atoms with Crippen molar-refractivity contribution in [3.63, 3.8) is 0 Å². The first-order chi connectivity index (χ1) is 13.0. The van der Waals surface area contributed by atoms with Gasteiger partial charge in [0.2, 0.25) is 0 Å². The van der Waals surface area contributed by atoms with Crippen LogP contribution in [0.5, 0.6) is 11.5 Å². The van der Waals surface area contributed by atoms with Crippen molar-refractivity contribution in [3.8, 4) is 11.5 Å².